The van der Waals surface area contributed by atoms with Gasteiger partial charge in [0.2, 0.25) is 0 Å². The van der Waals surface area contributed by atoms with Crippen molar-refractivity contribution in [3.05, 3.63) is 77.9 Å². The molecule has 7 nitrogen and oxygen atoms in total. The maximum Gasteiger partial charge on any atom is 0.343 e. The number of esters is 2. The molecule has 0 bridgehead atoms. The molecule has 41 heavy (non-hydrogen) atoms. The van der Waals surface area contributed by atoms with Gasteiger partial charge in [0.25, 0.3) is 0 Å². The Balaban J connectivity index is 1.58. The third kappa shape index (κ3) is 10.8. The van der Waals surface area contributed by atoms with E-state index < -0.39 is 11.9 Å². The number of ether oxygens (including phenoxy) is 5. The monoisotopic (exact) mass is 562 g/mol. The lowest BCUT2D eigenvalue weighted by molar-refractivity contribution is 0.0719. The average Bonchev–Trinajstić information content (AvgIpc) is 2.99. The highest BCUT2D eigenvalue weighted by Crippen LogP contribution is 2.30. The minimum Gasteiger partial charge on any atom is -0.494 e. The zero-order valence-electron chi connectivity index (χ0n) is 24.5. The highest BCUT2D eigenvalue weighted by molar-refractivity contribution is 5.92. The van der Waals surface area contributed by atoms with Crippen molar-refractivity contribution >= 4 is 11.9 Å². The summed E-state index contributed by atoms with van der Waals surface area (Å²) in [6, 6.07) is 18.3. The Morgan fingerprint density at radius 2 is 0.951 bits per heavy atom. The van der Waals surface area contributed by atoms with Gasteiger partial charge in [-0.2, -0.15) is 0 Å². The van der Waals surface area contributed by atoms with E-state index in [1.54, 1.807) is 66.7 Å². The summed E-state index contributed by atoms with van der Waals surface area (Å²) >= 11 is 0. The number of hydrogen-bond acceptors (Lipinski definition) is 7. The largest absolute Gasteiger partial charge is 0.494 e. The topological polar surface area (TPSA) is 80.3 Å². The van der Waals surface area contributed by atoms with Crippen molar-refractivity contribution in [3.8, 4) is 28.7 Å². The van der Waals surface area contributed by atoms with Crippen LogP contribution >= 0.6 is 0 Å². The first kappa shape index (κ1) is 31.5. The lowest BCUT2D eigenvalue weighted by atomic mass is 10.2. The summed E-state index contributed by atoms with van der Waals surface area (Å²) in [6.45, 7) is 8.18. The molecule has 7 heteroatoms. The van der Waals surface area contributed by atoms with Gasteiger partial charge in [0, 0.05) is 0 Å². The van der Waals surface area contributed by atoms with Gasteiger partial charge in [0.1, 0.15) is 17.2 Å². The third-order valence-corrected chi connectivity index (χ3v) is 6.29. The van der Waals surface area contributed by atoms with Gasteiger partial charge in [-0.15, -0.1) is 0 Å². The van der Waals surface area contributed by atoms with Gasteiger partial charge in [-0.1, -0.05) is 52.9 Å². The van der Waals surface area contributed by atoms with E-state index in [1.807, 2.05) is 0 Å². The number of rotatable bonds is 18. The molecule has 0 saturated carbocycles. The molecular weight excluding hydrogens is 520 g/mol. The van der Waals surface area contributed by atoms with Crippen LogP contribution in [0.3, 0.4) is 0 Å². The van der Waals surface area contributed by atoms with Crippen LogP contribution in [0.15, 0.2) is 66.7 Å². The predicted octanol–water partition coefficient (Wildman–Crippen LogP) is 8.44. The normalized spacial score (nSPS) is 10.6. The maximum absolute atomic E-state index is 12.9. The van der Waals surface area contributed by atoms with Crippen molar-refractivity contribution < 1.29 is 33.3 Å². The summed E-state index contributed by atoms with van der Waals surface area (Å²) < 4.78 is 28.5. The molecule has 0 amide bonds. The number of unbranched alkanes of at least 4 members (excludes halogenated alkanes) is 5. The van der Waals surface area contributed by atoms with E-state index in [2.05, 4.69) is 20.8 Å². The van der Waals surface area contributed by atoms with Crippen molar-refractivity contribution in [3.63, 3.8) is 0 Å². The number of hydrogen-bond donors (Lipinski definition) is 0. The summed E-state index contributed by atoms with van der Waals surface area (Å²) in [5.74, 6) is 1.53. The average molecular weight is 563 g/mol. The fraction of sp³-hybridized carbons (Fsp3) is 0.412. The molecule has 0 radical (unpaired) electrons. The first-order valence-corrected chi connectivity index (χ1v) is 14.7. The zero-order valence-corrected chi connectivity index (χ0v) is 24.5. The van der Waals surface area contributed by atoms with Crippen molar-refractivity contribution in [1.82, 2.24) is 0 Å². The molecule has 0 unspecified atom stereocenters. The molecule has 0 saturated heterocycles. The van der Waals surface area contributed by atoms with Crippen molar-refractivity contribution in [1.29, 1.82) is 0 Å². The quantitative estimate of drug-likeness (QED) is 0.0874. The van der Waals surface area contributed by atoms with Crippen LogP contribution in [0.25, 0.3) is 0 Å². The van der Waals surface area contributed by atoms with Crippen LogP contribution in [0, 0.1) is 0 Å². The molecular formula is C34H42O7. The van der Waals surface area contributed by atoms with Gasteiger partial charge in [0.15, 0.2) is 11.5 Å². The first-order valence-electron chi connectivity index (χ1n) is 14.7. The smallest absolute Gasteiger partial charge is 0.343 e. The molecule has 0 aromatic heterocycles. The van der Waals surface area contributed by atoms with Gasteiger partial charge in [-0.05, 0) is 86.0 Å². The third-order valence-electron chi connectivity index (χ3n) is 6.29. The Kier molecular flexibility index (Phi) is 13.6. The minimum atomic E-state index is -0.521. The Hall–Kier alpha value is -4.00. The molecule has 0 atom stereocenters. The summed E-state index contributed by atoms with van der Waals surface area (Å²) in [5.41, 5.74) is 0.767. The molecule has 3 aromatic rings. The Labute approximate surface area is 243 Å². The molecule has 0 spiro atoms. The lowest BCUT2D eigenvalue weighted by Crippen LogP contribution is -2.10. The number of carbonyl (C=O) groups is 2. The van der Waals surface area contributed by atoms with Gasteiger partial charge >= 0.3 is 11.9 Å². The minimum absolute atomic E-state index is 0.327. The van der Waals surface area contributed by atoms with E-state index in [9.17, 15) is 9.59 Å². The van der Waals surface area contributed by atoms with Crippen LogP contribution in [-0.2, 0) is 0 Å². The van der Waals surface area contributed by atoms with Gasteiger partial charge in [-0.25, -0.2) is 9.59 Å². The molecule has 0 aliphatic rings. The Bertz CT molecular complexity index is 1200. The second-order valence-electron chi connectivity index (χ2n) is 9.75. The van der Waals surface area contributed by atoms with Crippen LogP contribution < -0.4 is 23.7 Å². The zero-order chi connectivity index (χ0) is 29.3. The molecule has 0 aliphatic heterocycles. The molecule has 220 valence electrons. The van der Waals surface area contributed by atoms with Crippen LogP contribution in [0.4, 0.5) is 0 Å². The van der Waals surface area contributed by atoms with E-state index in [0.29, 0.717) is 59.7 Å². The summed E-state index contributed by atoms with van der Waals surface area (Å²) in [5, 5.41) is 0. The molecule has 0 fully saturated rings. The highest BCUT2D eigenvalue weighted by atomic mass is 16.5. The molecule has 3 aromatic carbocycles. The fourth-order valence-corrected chi connectivity index (χ4v) is 3.86. The first-order chi connectivity index (χ1) is 20.0. The number of benzene rings is 3. The summed E-state index contributed by atoms with van der Waals surface area (Å²) in [6.07, 6.45) is 8.29. The van der Waals surface area contributed by atoms with Crippen LogP contribution in [0.2, 0.25) is 0 Å². The highest BCUT2D eigenvalue weighted by Gasteiger charge is 2.15. The van der Waals surface area contributed by atoms with E-state index in [0.717, 1.165) is 51.4 Å². The van der Waals surface area contributed by atoms with E-state index >= 15 is 0 Å². The summed E-state index contributed by atoms with van der Waals surface area (Å²) in [4.78, 5) is 25.4. The lowest BCUT2D eigenvalue weighted by Gasteiger charge is -2.14. The maximum atomic E-state index is 12.9. The predicted molar refractivity (Wildman–Crippen MR) is 160 cm³/mol. The molecule has 0 heterocycles. The van der Waals surface area contributed by atoms with Gasteiger partial charge in [-0.3, -0.25) is 0 Å². The van der Waals surface area contributed by atoms with Crippen LogP contribution in [-0.4, -0.2) is 31.8 Å². The van der Waals surface area contributed by atoms with Gasteiger partial charge in [0.05, 0.1) is 30.9 Å². The second kappa shape index (κ2) is 17.6. The second-order valence-corrected chi connectivity index (χ2v) is 9.75. The van der Waals surface area contributed by atoms with Crippen LogP contribution in [0.1, 0.15) is 92.9 Å². The van der Waals surface area contributed by atoms with E-state index in [4.69, 9.17) is 23.7 Å². The molecule has 3 rings (SSSR count). The van der Waals surface area contributed by atoms with Crippen molar-refractivity contribution in [2.24, 2.45) is 0 Å². The van der Waals surface area contributed by atoms with Crippen molar-refractivity contribution in [2.75, 3.05) is 19.8 Å². The fourth-order valence-electron chi connectivity index (χ4n) is 3.86. The molecule has 0 N–H and O–H groups in total. The summed E-state index contributed by atoms with van der Waals surface area (Å²) in [7, 11) is 0. The molecule has 0 aliphatic carbocycles. The Morgan fingerprint density at radius 3 is 1.51 bits per heavy atom. The van der Waals surface area contributed by atoms with Crippen LogP contribution in [0.5, 0.6) is 28.7 Å². The number of carbonyl (C=O) groups excluding carboxylic acids is 2. The van der Waals surface area contributed by atoms with E-state index in [-0.39, 0.29) is 0 Å². The standard InChI is InChI=1S/C34H42O7/c1-4-7-10-23-38-31-21-14-27(25-32(31)39-24-11-8-5-2)34(36)41-30-19-17-29(18-20-30)40-33(35)26-12-15-28(16-13-26)37-22-9-6-3/h12-21,25H,4-11,22-24H2,1-3H3. The van der Waals surface area contributed by atoms with Crippen molar-refractivity contribution in [2.45, 2.75) is 72.1 Å². The SMILES string of the molecule is CCCCCOc1ccc(C(=O)Oc2ccc(OC(=O)c3ccc(OCCCC)cc3)cc2)cc1OCCCCC. The van der Waals surface area contributed by atoms with E-state index in [1.165, 1.54) is 0 Å². The Morgan fingerprint density at radius 1 is 0.488 bits per heavy atom. The van der Waals surface area contributed by atoms with Gasteiger partial charge < -0.3 is 23.7 Å².